The highest BCUT2D eigenvalue weighted by Crippen LogP contribution is 2.30. The van der Waals surface area contributed by atoms with Gasteiger partial charge in [-0.05, 0) is 41.5 Å². The molecule has 10 heteroatoms. The number of carbonyl (C=O) groups is 1. The van der Waals surface area contributed by atoms with Gasteiger partial charge in [0.1, 0.15) is 22.0 Å². The molecule has 2 heterocycles. The highest BCUT2D eigenvalue weighted by atomic mass is 35.5. The van der Waals surface area contributed by atoms with E-state index in [9.17, 15) is 9.18 Å². The molecule has 4 aromatic rings. The summed E-state index contributed by atoms with van der Waals surface area (Å²) in [7, 11) is 1.72. The number of aromatic nitrogens is 2. The van der Waals surface area contributed by atoms with Gasteiger partial charge in [-0.1, -0.05) is 47.2 Å². The standard InChI is InChI=1S/C22H20ClFN6OS/c1-30(18-8-6-15(23)10-16(18)24)19-9-7-17-20(28-19)32-22(27-17)29-21(31)26-12-14-4-2-13(11-25)3-5-14/h2-10H,11-12,25H2,1H3,(H2,26,27,29,31). The van der Waals surface area contributed by atoms with Gasteiger partial charge < -0.3 is 16.0 Å². The molecular weight excluding hydrogens is 451 g/mol. The van der Waals surface area contributed by atoms with Crippen molar-refractivity contribution >= 4 is 56.0 Å². The summed E-state index contributed by atoms with van der Waals surface area (Å²) in [6.45, 7) is 0.855. The summed E-state index contributed by atoms with van der Waals surface area (Å²) in [4.78, 5) is 23.4. The van der Waals surface area contributed by atoms with Crippen molar-refractivity contribution in [3.63, 3.8) is 0 Å². The average molecular weight is 471 g/mol. The van der Waals surface area contributed by atoms with Crippen molar-refractivity contribution in [2.45, 2.75) is 13.1 Å². The molecule has 32 heavy (non-hydrogen) atoms. The highest BCUT2D eigenvalue weighted by Gasteiger charge is 2.14. The van der Waals surface area contributed by atoms with E-state index >= 15 is 0 Å². The predicted octanol–water partition coefficient (Wildman–Crippen LogP) is 5.03. The Morgan fingerprint density at radius 1 is 1.12 bits per heavy atom. The van der Waals surface area contributed by atoms with E-state index in [4.69, 9.17) is 17.3 Å². The first-order valence-corrected chi connectivity index (χ1v) is 10.9. The number of fused-ring (bicyclic) bond motifs is 1. The normalized spacial score (nSPS) is 10.9. The maximum absolute atomic E-state index is 14.3. The Balaban J connectivity index is 1.43. The lowest BCUT2D eigenvalue weighted by molar-refractivity contribution is 0.251. The van der Waals surface area contributed by atoms with Crippen molar-refractivity contribution in [3.05, 3.63) is 76.6 Å². The fraction of sp³-hybridized carbons (Fsp3) is 0.136. The Morgan fingerprint density at radius 3 is 2.59 bits per heavy atom. The van der Waals surface area contributed by atoms with E-state index in [2.05, 4.69) is 20.6 Å². The van der Waals surface area contributed by atoms with Crippen molar-refractivity contribution in [2.75, 3.05) is 17.3 Å². The molecule has 2 aromatic heterocycles. The van der Waals surface area contributed by atoms with Gasteiger partial charge in [-0.3, -0.25) is 5.32 Å². The smallest absolute Gasteiger partial charge is 0.321 e. The van der Waals surface area contributed by atoms with Gasteiger partial charge in [0, 0.05) is 25.2 Å². The second-order valence-electron chi connectivity index (χ2n) is 7.00. The van der Waals surface area contributed by atoms with Crippen LogP contribution in [0.5, 0.6) is 0 Å². The molecule has 2 aromatic carbocycles. The fourth-order valence-electron chi connectivity index (χ4n) is 3.04. The molecule has 0 spiro atoms. The lowest BCUT2D eigenvalue weighted by Crippen LogP contribution is -2.28. The van der Waals surface area contributed by atoms with Crippen LogP contribution in [0.15, 0.2) is 54.6 Å². The molecule has 0 aliphatic rings. The zero-order valence-corrected chi connectivity index (χ0v) is 18.7. The van der Waals surface area contributed by atoms with Crippen LogP contribution >= 0.6 is 22.9 Å². The molecule has 0 fully saturated rings. The Morgan fingerprint density at radius 2 is 1.88 bits per heavy atom. The molecule has 0 aliphatic carbocycles. The van der Waals surface area contributed by atoms with Crippen molar-refractivity contribution in [2.24, 2.45) is 5.73 Å². The summed E-state index contributed by atoms with van der Waals surface area (Å²) in [5, 5.41) is 6.27. The first-order valence-electron chi connectivity index (χ1n) is 9.72. The minimum Gasteiger partial charge on any atom is -0.334 e. The van der Waals surface area contributed by atoms with Crippen LogP contribution in [0.25, 0.3) is 10.3 Å². The predicted molar refractivity (Wildman–Crippen MR) is 127 cm³/mol. The van der Waals surface area contributed by atoms with Crippen molar-refractivity contribution in [1.29, 1.82) is 0 Å². The summed E-state index contributed by atoms with van der Waals surface area (Å²) in [6.07, 6.45) is 0. The van der Waals surface area contributed by atoms with Gasteiger partial charge in [0.2, 0.25) is 0 Å². The van der Waals surface area contributed by atoms with E-state index in [-0.39, 0.29) is 6.03 Å². The van der Waals surface area contributed by atoms with Crippen LogP contribution in [-0.4, -0.2) is 23.0 Å². The number of urea groups is 1. The number of anilines is 3. The van der Waals surface area contributed by atoms with Gasteiger partial charge in [-0.2, -0.15) is 0 Å². The monoisotopic (exact) mass is 470 g/mol. The maximum Gasteiger partial charge on any atom is 0.321 e. The summed E-state index contributed by atoms with van der Waals surface area (Å²) in [5.41, 5.74) is 8.57. The van der Waals surface area contributed by atoms with Crippen LogP contribution < -0.4 is 21.3 Å². The largest absolute Gasteiger partial charge is 0.334 e. The van der Waals surface area contributed by atoms with Crippen LogP contribution in [0, 0.1) is 5.82 Å². The molecule has 0 saturated heterocycles. The molecule has 2 amide bonds. The number of nitrogens with one attached hydrogen (secondary N) is 2. The number of nitrogens with zero attached hydrogens (tertiary/aromatic N) is 3. The number of amides is 2. The van der Waals surface area contributed by atoms with Crippen LogP contribution in [0.2, 0.25) is 5.02 Å². The van der Waals surface area contributed by atoms with E-state index in [1.807, 2.05) is 24.3 Å². The van der Waals surface area contributed by atoms with Crippen LogP contribution in [0.4, 0.5) is 25.8 Å². The maximum atomic E-state index is 14.3. The number of carbonyl (C=O) groups excluding carboxylic acids is 1. The molecule has 0 atom stereocenters. The number of rotatable bonds is 6. The van der Waals surface area contributed by atoms with Gasteiger partial charge in [0.15, 0.2) is 5.13 Å². The summed E-state index contributed by atoms with van der Waals surface area (Å²) in [5.74, 6) is 0.0993. The number of thiazole rings is 1. The molecule has 4 N–H and O–H groups in total. The Bertz CT molecular complexity index is 1260. The number of hydrogen-bond donors (Lipinski definition) is 3. The van der Waals surface area contributed by atoms with Crippen LogP contribution in [0.3, 0.4) is 0 Å². The molecule has 7 nitrogen and oxygen atoms in total. The second kappa shape index (κ2) is 9.47. The third kappa shape index (κ3) is 4.96. The van der Waals surface area contributed by atoms with E-state index in [0.717, 1.165) is 11.1 Å². The van der Waals surface area contributed by atoms with E-state index in [1.165, 1.54) is 17.4 Å². The second-order valence-corrected chi connectivity index (χ2v) is 8.41. The lowest BCUT2D eigenvalue weighted by Gasteiger charge is -2.18. The first kappa shape index (κ1) is 21.9. The molecule has 0 aliphatic heterocycles. The number of hydrogen-bond acceptors (Lipinski definition) is 6. The van der Waals surface area contributed by atoms with Crippen molar-refractivity contribution in [1.82, 2.24) is 15.3 Å². The highest BCUT2D eigenvalue weighted by molar-refractivity contribution is 7.22. The number of pyridine rings is 1. The SMILES string of the molecule is CN(c1ccc2nc(NC(=O)NCc3ccc(CN)cc3)sc2n1)c1ccc(Cl)cc1F. The summed E-state index contributed by atoms with van der Waals surface area (Å²) in [6, 6.07) is 15.3. The Labute approximate surface area is 193 Å². The number of benzene rings is 2. The summed E-state index contributed by atoms with van der Waals surface area (Å²) < 4.78 is 14.3. The lowest BCUT2D eigenvalue weighted by atomic mass is 10.1. The molecule has 0 bridgehead atoms. The van der Waals surface area contributed by atoms with Gasteiger partial charge in [0.25, 0.3) is 0 Å². The first-order chi connectivity index (χ1) is 15.4. The van der Waals surface area contributed by atoms with Crippen molar-refractivity contribution < 1.29 is 9.18 Å². The zero-order valence-electron chi connectivity index (χ0n) is 17.1. The molecule has 0 radical (unpaired) electrons. The van der Waals surface area contributed by atoms with E-state index in [1.54, 1.807) is 36.2 Å². The third-order valence-corrected chi connectivity index (χ3v) is 5.90. The topological polar surface area (TPSA) is 96.2 Å². The van der Waals surface area contributed by atoms with Gasteiger partial charge in [0.05, 0.1) is 5.69 Å². The fourth-order valence-corrected chi connectivity index (χ4v) is 4.03. The zero-order chi connectivity index (χ0) is 22.7. The van der Waals surface area contributed by atoms with E-state index < -0.39 is 5.82 Å². The minimum absolute atomic E-state index is 0.326. The van der Waals surface area contributed by atoms with Gasteiger partial charge >= 0.3 is 6.03 Å². The minimum atomic E-state index is -0.442. The van der Waals surface area contributed by atoms with Gasteiger partial charge in [-0.15, -0.1) is 0 Å². The quantitative estimate of drug-likeness (QED) is 0.367. The molecule has 0 saturated carbocycles. The van der Waals surface area contributed by atoms with Crippen LogP contribution in [-0.2, 0) is 13.1 Å². The van der Waals surface area contributed by atoms with Crippen molar-refractivity contribution in [3.8, 4) is 0 Å². The molecular formula is C22H20ClFN6OS. The third-order valence-electron chi connectivity index (χ3n) is 4.79. The molecule has 0 unspecified atom stereocenters. The number of halogens is 2. The molecule has 164 valence electrons. The number of nitrogens with two attached hydrogens (primary N) is 1. The summed E-state index contributed by atoms with van der Waals surface area (Å²) >= 11 is 7.07. The Hall–Kier alpha value is -3.27. The average Bonchev–Trinajstić information content (AvgIpc) is 3.19. The van der Waals surface area contributed by atoms with E-state index in [0.29, 0.717) is 45.1 Å². The van der Waals surface area contributed by atoms with Crippen LogP contribution in [0.1, 0.15) is 11.1 Å². The molecule has 4 rings (SSSR count). The Kier molecular flexibility index (Phi) is 6.50. The van der Waals surface area contributed by atoms with Gasteiger partial charge in [-0.25, -0.2) is 19.2 Å².